The van der Waals surface area contributed by atoms with Crippen molar-refractivity contribution in [3.8, 4) is 5.75 Å². The Bertz CT molecular complexity index is 535. The smallest absolute Gasteiger partial charge is 0.118 e. The molecule has 1 heterocycles. The van der Waals surface area contributed by atoms with Crippen LogP contribution in [0.15, 0.2) is 36.4 Å². The predicted molar refractivity (Wildman–Crippen MR) is 75.2 cm³/mol. The van der Waals surface area contributed by atoms with E-state index >= 15 is 0 Å². The molecule has 2 nitrogen and oxygen atoms in total. The van der Waals surface area contributed by atoms with Crippen LogP contribution in [0.1, 0.15) is 0 Å². The molecule has 3 rings (SSSR count). The van der Waals surface area contributed by atoms with Crippen LogP contribution >= 0.6 is 11.8 Å². The van der Waals surface area contributed by atoms with Crippen LogP contribution in [0, 0.1) is 0 Å². The lowest BCUT2D eigenvalue weighted by molar-refractivity contribution is 0.476. The molecule has 0 bridgehead atoms. The maximum Gasteiger partial charge on any atom is 0.118 e. The van der Waals surface area contributed by atoms with Crippen molar-refractivity contribution in [1.82, 2.24) is 0 Å². The van der Waals surface area contributed by atoms with Crippen LogP contribution in [0.4, 0.5) is 5.69 Å². The van der Waals surface area contributed by atoms with Crippen molar-refractivity contribution in [2.24, 2.45) is 0 Å². The first-order chi connectivity index (χ1) is 8.34. The topological polar surface area (TPSA) is 23.5 Å². The van der Waals surface area contributed by atoms with Crippen LogP contribution in [0.3, 0.4) is 0 Å². The van der Waals surface area contributed by atoms with E-state index in [9.17, 15) is 5.11 Å². The Labute approximate surface area is 105 Å². The number of aromatic hydroxyl groups is 1. The second-order valence-corrected chi connectivity index (χ2v) is 5.51. The monoisotopic (exact) mass is 245 g/mol. The maximum atomic E-state index is 9.81. The molecule has 0 aliphatic carbocycles. The molecule has 1 saturated heterocycles. The summed E-state index contributed by atoms with van der Waals surface area (Å²) < 4.78 is 0. The van der Waals surface area contributed by atoms with Crippen LogP contribution in [-0.2, 0) is 0 Å². The average molecular weight is 245 g/mol. The van der Waals surface area contributed by atoms with Crippen molar-refractivity contribution >= 4 is 28.2 Å². The molecule has 1 aliphatic heterocycles. The lowest BCUT2D eigenvalue weighted by atomic mass is 10.1. The Kier molecular flexibility index (Phi) is 2.85. The number of thioether (sulfide) groups is 1. The summed E-state index contributed by atoms with van der Waals surface area (Å²) in [4.78, 5) is 2.37. The SMILES string of the molecule is Oc1cc(N2CCSCC2)c2ccccc2c1. The normalized spacial score (nSPS) is 16.4. The number of hydrogen-bond donors (Lipinski definition) is 1. The van der Waals surface area contributed by atoms with Gasteiger partial charge in [0.2, 0.25) is 0 Å². The molecule has 0 radical (unpaired) electrons. The van der Waals surface area contributed by atoms with Gasteiger partial charge in [0.1, 0.15) is 5.75 Å². The fourth-order valence-electron chi connectivity index (χ4n) is 2.34. The van der Waals surface area contributed by atoms with Crippen LogP contribution in [0.2, 0.25) is 0 Å². The first kappa shape index (κ1) is 10.8. The largest absolute Gasteiger partial charge is 0.508 e. The van der Waals surface area contributed by atoms with Gasteiger partial charge in [-0.25, -0.2) is 0 Å². The fourth-order valence-corrected chi connectivity index (χ4v) is 3.24. The minimum atomic E-state index is 0.358. The van der Waals surface area contributed by atoms with E-state index in [-0.39, 0.29) is 0 Å². The molecule has 1 aliphatic rings. The molecule has 3 heteroatoms. The molecular formula is C14H15NOS. The van der Waals surface area contributed by atoms with Crippen molar-refractivity contribution in [3.63, 3.8) is 0 Å². The highest BCUT2D eigenvalue weighted by atomic mass is 32.2. The van der Waals surface area contributed by atoms with Crippen molar-refractivity contribution in [3.05, 3.63) is 36.4 Å². The molecule has 0 aromatic heterocycles. The molecule has 2 aromatic carbocycles. The zero-order valence-electron chi connectivity index (χ0n) is 9.60. The van der Waals surface area contributed by atoms with Gasteiger partial charge in [-0.3, -0.25) is 0 Å². The highest BCUT2D eigenvalue weighted by Gasteiger charge is 2.14. The maximum absolute atomic E-state index is 9.81. The number of fused-ring (bicyclic) bond motifs is 1. The van der Waals surface area contributed by atoms with E-state index < -0.39 is 0 Å². The van der Waals surface area contributed by atoms with Crippen LogP contribution < -0.4 is 4.90 Å². The molecule has 88 valence electrons. The van der Waals surface area contributed by atoms with Crippen LogP contribution in [0.25, 0.3) is 10.8 Å². The van der Waals surface area contributed by atoms with Crippen LogP contribution in [0.5, 0.6) is 5.75 Å². The number of phenolic OH excluding ortho intramolecular Hbond substituents is 1. The molecule has 2 aromatic rings. The molecule has 0 spiro atoms. The van der Waals surface area contributed by atoms with E-state index in [1.165, 1.54) is 22.6 Å². The van der Waals surface area contributed by atoms with Gasteiger partial charge in [-0.05, 0) is 11.5 Å². The summed E-state index contributed by atoms with van der Waals surface area (Å²) in [7, 11) is 0. The summed E-state index contributed by atoms with van der Waals surface area (Å²) in [6.45, 7) is 2.14. The van der Waals surface area contributed by atoms with E-state index in [0.717, 1.165) is 18.5 Å². The van der Waals surface area contributed by atoms with Crippen molar-refractivity contribution in [2.45, 2.75) is 0 Å². The first-order valence-electron chi connectivity index (χ1n) is 5.89. The minimum absolute atomic E-state index is 0.358. The summed E-state index contributed by atoms with van der Waals surface area (Å²) in [5.74, 6) is 2.70. The number of rotatable bonds is 1. The quantitative estimate of drug-likeness (QED) is 0.835. The number of benzene rings is 2. The van der Waals surface area contributed by atoms with E-state index in [4.69, 9.17) is 0 Å². The van der Waals surface area contributed by atoms with Gasteiger partial charge in [-0.1, -0.05) is 24.3 Å². The van der Waals surface area contributed by atoms with E-state index in [2.05, 4.69) is 23.1 Å². The van der Waals surface area contributed by atoms with E-state index in [1.54, 1.807) is 0 Å². The zero-order valence-corrected chi connectivity index (χ0v) is 10.4. The van der Waals surface area contributed by atoms with Gasteiger partial charge in [-0.15, -0.1) is 0 Å². The summed E-state index contributed by atoms with van der Waals surface area (Å²) in [5.41, 5.74) is 1.17. The lowest BCUT2D eigenvalue weighted by Crippen LogP contribution is -2.32. The summed E-state index contributed by atoms with van der Waals surface area (Å²) in [6.07, 6.45) is 0. The molecule has 1 fully saturated rings. The van der Waals surface area contributed by atoms with Crippen molar-refractivity contribution in [1.29, 1.82) is 0 Å². The summed E-state index contributed by atoms with van der Waals surface area (Å²) in [5, 5.41) is 12.2. The number of hydrogen-bond acceptors (Lipinski definition) is 3. The third-order valence-electron chi connectivity index (χ3n) is 3.18. The van der Waals surface area contributed by atoms with Gasteiger partial charge < -0.3 is 10.0 Å². The molecule has 0 amide bonds. The molecular weight excluding hydrogens is 230 g/mol. The van der Waals surface area contributed by atoms with Crippen molar-refractivity contribution < 1.29 is 5.11 Å². The number of nitrogens with zero attached hydrogens (tertiary/aromatic N) is 1. The summed E-state index contributed by atoms with van der Waals surface area (Å²) in [6, 6.07) is 12.0. The zero-order chi connectivity index (χ0) is 11.7. The Morgan fingerprint density at radius 1 is 1.06 bits per heavy atom. The number of phenols is 1. The Balaban J connectivity index is 2.13. The second-order valence-electron chi connectivity index (χ2n) is 4.29. The highest BCUT2D eigenvalue weighted by Crippen LogP contribution is 2.32. The highest BCUT2D eigenvalue weighted by molar-refractivity contribution is 7.99. The van der Waals surface area contributed by atoms with Gasteiger partial charge in [-0.2, -0.15) is 11.8 Å². The third-order valence-corrected chi connectivity index (χ3v) is 4.12. The Morgan fingerprint density at radius 3 is 2.65 bits per heavy atom. The van der Waals surface area contributed by atoms with Crippen LogP contribution in [-0.4, -0.2) is 29.7 Å². The van der Waals surface area contributed by atoms with Gasteiger partial charge in [0.05, 0.1) is 0 Å². The third kappa shape index (κ3) is 2.07. The Hall–Kier alpha value is -1.35. The van der Waals surface area contributed by atoms with E-state index in [0.29, 0.717) is 5.75 Å². The Morgan fingerprint density at radius 2 is 1.82 bits per heavy atom. The average Bonchev–Trinajstić information content (AvgIpc) is 2.39. The van der Waals surface area contributed by atoms with E-state index in [1.807, 2.05) is 30.0 Å². The molecule has 1 N–H and O–H groups in total. The van der Waals surface area contributed by atoms with Gasteiger partial charge in [0, 0.05) is 41.7 Å². The molecule has 0 atom stereocenters. The molecule has 17 heavy (non-hydrogen) atoms. The van der Waals surface area contributed by atoms with Crippen molar-refractivity contribution in [2.75, 3.05) is 29.5 Å². The van der Waals surface area contributed by atoms with Gasteiger partial charge in [0.15, 0.2) is 0 Å². The second kappa shape index (κ2) is 4.49. The first-order valence-corrected chi connectivity index (χ1v) is 7.04. The van der Waals surface area contributed by atoms with Gasteiger partial charge >= 0.3 is 0 Å². The minimum Gasteiger partial charge on any atom is -0.508 e. The standard InChI is InChI=1S/C14H15NOS/c16-12-9-11-3-1-2-4-13(11)14(10-12)15-5-7-17-8-6-15/h1-4,9-10,16H,5-8H2. The fraction of sp³-hybridized carbons (Fsp3) is 0.286. The molecule has 0 saturated carbocycles. The predicted octanol–water partition coefficient (Wildman–Crippen LogP) is 3.10. The lowest BCUT2D eigenvalue weighted by Gasteiger charge is -2.29. The number of anilines is 1. The summed E-state index contributed by atoms with van der Waals surface area (Å²) >= 11 is 2.00. The van der Waals surface area contributed by atoms with Gasteiger partial charge in [0.25, 0.3) is 0 Å². The molecule has 0 unspecified atom stereocenters.